The van der Waals surface area contributed by atoms with Gasteiger partial charge in [0, 0.05) is 24.5 Å². The summed E-state index contributed by atoms with van der Waals surface area (Å²) < 4.78 is 0. The molecule has 1 heterocycles. The molecule has 0 N–H and O–H groups in total. The van der Waals surface area contributed by atoms with Gasteiger partial charge < -0.3 is 4.90 Å². The first-order valence-corrected chi connectivity index (χ1v) is 6.63. The molecule has 1 rings (SSSR count). The fraction of sp³-hybridized carbons (Fsp3) is 0.600. The Morgan fingerprint density at radius 2 is 2.20 bits per heavy atom. The van der Waals surface area contributed by atoms with Gasteiger partial charge in [-0.15, -0.1) is 23.4 Å². The van der Waals surface area contributed by atoms with E-state index in [1.165, 1.54) is 0 Å². The van der Waals surface area contributed by atoms with Crippen LogP contribution in [-0.2, 0) is 0 Å². The minimum Gasteiger partial charge on any atom is -0.353 e. The van der Waals surface area contributed by atoms with Crippen molar-refractivity contribution in [2.75, 3.05) is 23.6 Å². The second-order valence-electron chi connectivity index (χ2n) is 3.39. The van der Waals surface area contributed by atoms with E-state index in [9.17, 15) is 0 Å². The van der Waals surface area contributed by atoms with Gasteiger partial charge in [-0.1, -0.05) is 0 Å². The van der Waals surface area contributed by atoms with Crippen LogP contribution in [0.1, 0.15) is 13.8 Å². The summed E-state index contributed by atoms with van der Waals surface area (Å²) in [6.45, 7) is 5.07. The number of halogens is 1. The molecule has 1 aromatic rings. The second kappa shape index (κ2) is 6.18. The molecule has 0 aromatic carbocycles. The Hall–Kier alpha value is -0.480. The van der Waals surface area contributed by atoms with Crippen LogP contribution in [-0.4, -0.2) is 34.7 Å². The maximum absolute atomic E-state index is 5.77. The van der Waals surface area contributed by atoms with E-state index in [0.717, 1.165) is 17.4 Å². The molecule has 3 nitrogen and oxygen atoms in total. The molecular formula is C10H16ClN3S. The highest BCUT2D eigenvalue weighted by Gasteiger charge is 2.11. The zero-order chi connectivity index (χ0) is 11.3. The van der Waals surface area contributed by atoms with Crippen LogP contribution in [0.25, 0.3) is 0 Å². The predicted molar refractivity (Wildman–Crippen MR) is 67.0 cm³/mol. The first kappa shape index (κ1) is 12.6. The average Bonchev–Trinajstić information content (AvgIpc) is 2.25. The molecule has 0 unspecified atom stereocenters. The van der Waals surface area contributed by atoms with E-state index in [-0.39, 0.29) is 0 Å². The zero-order valence-corrected chi connectivity index (χ0v) is 10.8. The van der Waals surface area contributed by atoms with Gasteiger partial charge in [-0.05, 0) is 20.1 Å². The van der Waals surface area contributed by atoms with E-state index < -0.39 is 0 Å². The van der Waals surface area contributed by atoms with Crippen molar-refractivity contribution in [2.45, 2.75) is 24.9 Å². The molecular weight excluding hydrogens is 230 g/mol. The molecule has 0 atom stereocenters. The van der Waals surface area contributed by atoms with Crippen LogP contribution in [0.5, 0.6) is 0 Å². The third-order valence-corrected chi connectivity index (χ3v) is 2.89. The summed E-state index contributed by atoms with van der Waals surface area (Å²) in [5, 5.41) is 0.986. The van der Waals surface area contributed by atoms with Crippen molar-refractivity contribution < 1.29 is 0 Å². The number of nitrogens with zero attached hydrogens (tertiary/aromatic N) is 3. The summed E-state index contributed by atoms with van der Waals surface area (Å²) in [5.74, 6) is 1.56. The number of hydrogen-bond acceptors (Lipinski definition) is 4. The largest absolute Gasteiger partial charge is 0.353 e. The fourth-order valence-electron chi connectivity index (χ4n) is 1.33. The van der Waals surface area contributed by atoms with Crippen LogP contribution in [0.3, 0.4) is 0 Å². The minimum atomic E-state index is 0.397. The van der Waals surface area contributed by atoms with Crippen molar-refractivity contribution in [1.82, 2.24) is 9.97 Å². The van der Waals surface area contributed by atoms with Gasteiger partial charge in [-0.3, -0.25) is 0 Å². The Balaban J connectivity index is 2.89. The molecule has 0 fully saturated rings. The Bertz CT molecular complexity index is 306. The second-order valence-corrected chi connectivity index (χ2v) is 4.60. The first-order chi connectivity index (χ1) is 7.19. The highest BCUT2D eigenvalue weighted by atomic mass is 35.5. The molecule has 5 heteroatoms. The molecule has 0 bridgehead atoms. The molecule has 0 radical (unpaired) electrons. The predicted octanol–water partition coefficient (Wildman–Crippen LogP) is 2.65. The Kier molecular flexibility index (Phi) is 5.19. The lowest BCUT2D eigenvalue weighted by atomic mass is 10.3. The Labute approximate surface area is 100 Å². The van der Waals surface area contributed by atoms with Crippen LogP contribution >= 0.6 is 23.4 Å². The minimum absolute atomic E-state index is 0.397. The molecule has 0 aliphatic rings. The van der Waals surface area contributed by atoms with Crippen LogP contribution in [0.4, 0.5) is 5.82 Å². The highest BCUT2D eigenvalue weighted by molar-refractivity contribution is 7.98. The average molecular weight is 246 g/mol. The van der Waals surface area contributed by atoms with E-state index in [2.05, 4.69) is 28.7 Å². The molecule has 0 spiro atoms. The first-order valence-electron chi connectivity index (χ1n) is 4.87. The lowest BCUT2D eigenvalue weighted by molar-refractivity contribution is 0.691. The van der Waals surface area contributed by atoms with Crippen molar-refractivity contribution in [3.05, 3.63) is 12.4 Å². The summed E-state index contributed by atoms with van der Waals surface area (Å²) >= 11 is 7.39. The molecule has 0 saturated heterocycles. The third-order valence-electron chi connectivity index (χ3n) is 2.08. The number of anilines is 1. The smallest absolute Gasteiger partial charge is 0.133 e. The molecule has 0 aliphatic carbocycles. The highest BCUT2D eigenvalue weighted by Crippen LogP contribution is 2.18. The van der Waals surface area contributed by atoms with E-state index in [1.807, 2.05) is 12.3 Å². The molecule has 84 valence electrons. The summed E-state index contributed by atoms with van der Waals surface area (Å²) in [7, 11) is 0. The number of alkyl halides is 1. The van der Waals surface area contributed by atoms with Crippen molar-refractivity contribution in [1.29, 1.82) is 0 Å². The fourth-order valence-corrected chi connectivity index (χ4v) is 1.88. The van der Waals surface area contributed by atoms with E-state index in [4.69, 9.17) is 11.6 Å². The van der Waals surface area contributed by atoms with Gasteiger partial charge in [0.1, 0.15) is 17.2 Å². The van der Waals surface area contributed by atoms with Gasteiger partial charge in [0.05, 0.1) is 0 Å². The Morgan fingerprint density at radius 3 is 2.73 bits per heavy atom. The number of rotatable bonds is 5. The van der Waals surface area contributed by atoms with Gasteiger partial charge in [0.2, 0.25) is 0 Å². The van der Waals surface area contributed by atoms with Crippen LogP contribution < -0.4 is 4.90 Å². The molecule has 1 aromatic heterocycles. The third kappa shape index (κ3) is 3.54. The standard InChI is InChI=1S/C10H16ClN3S/c1-8(2)14(5-4-11)9-6-10(15-3)13-7-12-9/h6-8H,4-5H2,1-3H3. The summed E-state index contributed by atoms with van der Waals surface area (Å²) in [5.41, 5.74) is 0. The maximum atomic E-state index is 5.77. The molecule has 0 amide bonds. The lowest BCUT2D eigenvalue weighted by Gasteiger charge is -2.26. The number of hydrogen-bond donors (Lipinski definition) is 0. The van der Waals surface area contributed by atoms with Gasteiger partial charge in [-0.25, -0.2) is 9.97 Å². The lowest BCUT2D eigenvalue weighted by Crippen LogP contribution is -2.33. The van der Waals surface area contributed by atoms with Crippen molar-refractivity contribution in [3.63, 3.8) is 0 Å². The molecule has 0 aliphatic heterocycles. The maximum Gasteiger partial charge on any atom is 0.133 e. The van der Waals surface area contributed by atoms with Gasteiger partial charge in [0.25, 0.3) is 0 Å². The normalized spacial score (nSPS) is 10.7. The van der Waals surface area contributed by atoms with Crippen LogP contribution in [0.2, 0.25) is 0 Å². The number of thioether (sulfide) groups is 1. The molecule has 15 heavy (non-hydrogen) atoms. The van der Waals surface area contributed by atoms with E-state index >= 15 is 0 Å². The quantitative estimate of drug-likeness (QED) is 0.453. The molecule has 0 saturated carbocycles. The monoisotopic (exact) mass is 245 g/mol. The van der Waals surface area contributed by atoms with Crippen molar-refractivity contribution in [2.24, 2.45) is 0 Å². The van der Waals surface area contributed by atoms with Gasteiger partial charge in [-0.2, -0.15) is 0 Å². The van der Waals surface area contributed by atoms with Crippen LogP contribution in [0, 0.1) is 0 Å². The summed E-state index contributed by atoms with van der Waals surface area (Å²) in [6, 6.07) is 2.39. The van der Waals surface area contributed by atoms with Crippen molar-refractivity contribution in [3.8, 4) is 0 Å². The SMILES string of the molecule is CSc1cc(N(CCCl)C(C)C)ncn1. The number of aromatic nitrogens is 2. The summed E-state index contributed by atoms with van der Waals surface area (Å²) in [4.78, 5) is 10.6. The van der Waals surface area contributed by atoms with Crippen molar-refractivity contribution >= 4 is 29.2 Å². The van der Waals surface area contributed by atoms with Gasteiger partial charge in [0.15, 0.2) is 0 Å². The van der Waals surface area contributed by atoms with E-state index in [1.54, 1.807) is 18.1 Å². The van der Waals surface area contributed by atoms with Gasteiger partial charge >= 0.3 is 0 Å². The van der Waals surface area contributed by atoms with Crippen LogP contribution in [0.15, 0.2) is 17.4 Å². The topological polar surface area (TPSA) is 29.0 Å². The summed E-state index contributed by atoms with van der Waals surface area (Å²) in [6.07, 6.45) is 3.61. The Morgan fingerprint density at radius 1 is 1.47 bits per heavy atom. The zero-order valence-electron chi connectivity index (χ0n) is 9.27. The van der Waals surface area contributed by atoms with E-state index in [0.29, 0.717) is 11.9 Å².